The number of carbonyl (C=O) groups excluding carboxylic acids is 2. The fourth-order valence-electron chi connectivity index (χ4n) is 6.05. The van der Waals surface area contributed by atoms with Crippen molar-refractivity contribution in [2.75, 3.05) is 24.7 Å². The second-order valence-corrected chi connectivity index (χ2v) is 15.9. The Morgan fingerprint density at radius 2 is 1.51 bits per heavy atom. The number of nitrogens with two attached hydrogens (primary N) is 1. The number of thiazole rings is 1. The standard InChI is InChI=1S/C30H47N4O6PS2/c1-4-19-42-29-26(32-30(31)43-29)22-17-18-23(40-22)41(37,33-24(27(35)38-5-2)20-13-9-7-10-14-20)34-25(28(36)39-6-3)21-15-11-8-12-16-21/h17-18,20-21,24-25H,4-16,19H2,1-3H3,(H2,31,32)(H2,33,34,37)/t24-,25-/m0/s1. The predicted octanol–water partition coefficient (Wildman–Crippen LogP) is 6.51. The zero-order valence-electron chi connectivity index (χ0n) is 25.6. The van der Waals surface area contributed by atoms with Crippen molar-refractivity contribution in [1.29, 1.82) is 0 Å². The number of hydrogen-bond acceptors (Lipinski definition) is 10. The Balaban J connectivity index is 1.75. The fourth-order valence-corrected chi connectivity index (χ4v) is 10.3. The summed E-state index contributed by atoms with van der Waals surface area (Å²) in [5.41, 5.74) is 6.79. The van der Waals surface area contributed by atoms with Crippen LogP contribution in [0.3, 0.4) is 0 Å². The number of furan rings is 1. The van der Waals surface area contributed by atoms with E-state index in [9.17, 15) is 9.59 Å². The van der Waals surface area contributed by atoms with E-state index >= 15 is 4.57 Å². The first-order valence-electron chi connectivity index (χ1n) is 15.8. The largest absolute Gasteiger partial charge is 0.465 e. The van der Waals surface area contributed by atoms with Crippen LogP contribution in [-0.4, -0.2) is 48.0 Å². The molecule has 2 heterocycles. The van der Waals surface area contributed by atoms with Gasteiger partial charge >= 0.3 is 11.9 Å². The first-order chi connectivity index (χ1) is 20.8. The molecule has 4 N–H and O–H groups in total. The summed E-state index contributed by atoms with van der Waals surface area (Å²) in [5, 5.41) is 6.84. The van der Waals surface area contributed by atoms with Gasteiger partial charge in [0.05, 0.1) is 17.4 Å². The molecule has 0 bridgehead atoms. The number of nitrogen functional groups attached to an aromatic ring is 1. The average molecular weight is 655 g/mol. The van der Waals surface area contributed by atoms with Gasteiger partial charge < -0.3 is 19.6 Å². The minimum absolute atomic E-state index is 0.0523. The fraction of sp³-hybridized carbons (Fsp3) is 0.700. The Morgan fingerprint density at radius 1 is 0.977 bits per heavy atom. The SMILES string of the molecule is CCCSc1sc(N)nc1-c1ccc(P(=O)(N[C@H](C(=O)OCC)C2CCCCC2)N[C@H](C(=O)OCC)C2CCCCC2)o1. The average Bonchev–Trinajstić information content (AvgIpc) is 3.66. The minimum atomic E-state index is -3.93. The van der Waals surface area contributed by atoms with Crippen molar-refractivity contribution in [3.8, 4) is 11.5 Å². The smallest absolute Gasteiger partial charge is 0.323 e. The first kappa shape index (κ1) is 34.0. The molecule has 2 saturated carbocycles. The molecular formula is C30H47N4O6PS2. The predicted molar refractivity (Wildman–Crippen MR) is 173 cm³/mol. The summed E-state index contributed by atoms with van der Waals surface area (Å²) in [6.45, 7) is 6.06. The highest BCUT2D eigenvalue weighted by Crippen LogP contribution is 2.44. The van der Waals surface area contributed by atoms with E-state index in [2.05, 4.69) is 22.1 Å². The van der Waals surface area contributed by atoms with Gasteiger partial charge in [-0.1, -0.05) is 56.8 Å². The lowest BCUT2D eigenvalue weighted by atomic mass is 9.84. The van der Waals surface area contributed by atoms with E-state index in [0.717, 1.165) is 80.6 Å². The van der Waals surface area contributed by atoms with Gasteiger partial charge in [-0.15, -0.1) is 11.8 Å². The third-order valence-corrected chi connectivity index (χ3v) is 12.6. The Hall–Kier alpha value is -1.85. The van der Waals surface area contributed by atoms with Gasteiger partial charge in [-0.3, -0.25) is 14.2 Å². The van der Waals surface area contributed by atoms with Gasteiger partial charge in [0, 0.05) is 0 Å². The Bertz CT molecular complexity index is 1200. The summed E-state index contributed by atoms with van der Waals surface area (Å²) in [7, 11) is -3.93. The summed E-state index contributed by atoms with van der Waals surface area (Å²) in [5.74, 6) is 0.334. The molecule has 240 valence electrons. The van der Waals surface area contributed by atoms with Gasteiger partial charge in [-0.2, -0.15) is 0 Å². The van der Waals surface area contributed by atoms with Crippen LogP contribution in [-0.2, 0) is 23.6 Å². The topological polar surface area (TPSA) is 146 Å². The summed E-state index contributed by atoms with van der Waals surface area (Å²) in [6, 6.07) is 1.72. The molecule has 2 aromatic heterocycles. The van der Waals surface area contributed by atoms with Crippen molar-refractivity contribution >= 4 is 53.1 Å². The normalized spacial score (nSPS) is 18.3. The molecule has 0 aromatic carbocycles. The van der Waals surface area contributed by atoms with Crippen LogP contribution in [0.25, 0.3) is 11.5 Å². The van der Waals surface area contributed by atoms with E-state index in [4.69, 9.17) is 19.6 Å². The zero-order chi connectivity index (χ0) is 30.8. The lowest BCUT2D eigenvalue weighted by molar-refractivity contribution is -0.147. The third kappa shape index (κ3) is 8.87. The van der Waals surface area contributed by atoms with Crippen LogP contribution in [0.4, 0.5) is 5.13 Å². The Morgan fingerprint density at radius 3 is 2.00 bits per heavy atom. The molecule has 2 aromatic rings. The van der Waals surface area contributed by atoms with Gasteiger partial charge in [-0.05, 0) is 75.7 Å². The van der Waals surface area contributed by atoms with Crippen molar-refractivity contribution in [1.82, 2.24) is 15.2 Å². The highest BCUT2D eigenvalue weighted by atomic mass is 32.2. The molecule has 0 saturated heterocycles. The molecule has 0 unspecified atom stereocenters. The van der Waals surface area contributed by atoms with Gasteiger partial charge in [-0.25, -0.2) is 15.2 Å². The van der Waals surface area contributed by atoms with Gasteiger partial charge in [0.25, 0.3) is 7.44 Å². The highest BCUT2D eigenvalue weighted by Gasteiger charge is 2.44. The molecule has 2 aliphatic rings. The molecule has 0 aliphatic heterocycles. The Labute approximate surface area is 263 Å². The van der Waals surface area contributed by atoms with E-state index in [1.807, 2.05) is 0 Å². The van der Waals surface area contributed by atoms with Crippen molar-refractivity contribution in [3.05, 3.63) is 12.1 Å². The molecule has 0 amide bonds. The van der Waals surface area contributed by atoms with Crippen molar-refractivity contribution in [3.63, 3.8) is 0 Å². The second kappa shape index (κ2) is 16.5. The van der Waals surface area contributed by atoms with Gasteiger partial charge in [0.2, 0.25) is 0 Å². The van der Waals surface area contributed by atoms with Crippen LogP contribution in [0.5, 0.6) is 0 Å². The molecule has 0 radical (unpaired) electrons. The van der Waals surface area contributed by atoms with E-state index in [1.165, 1.54) is 11.3 Å². The first-order valence-corrected chi connectivity index (χ1v) is 19.3. The highest BCUT2D eigenvalue weighted by molar-refractivity contribution is 8.01. The number of rotatable bonds is 15. The van der Waals surface area contributed by atoms with Crippen LogP contribution in [0.15, 0.2) is 20.8 Å². The lowest BCUT2D eigenvalue weighted by Gasteiger charge is -2.35. The second-order valence-electron chi connectivity index (χ2n) is 11.3. The maximum atomic E-state index is 15.3. The number of anilines is 1. The number of nitrogens with one attached hydrogen (secondary N) is 2. The lowest BCUT2D eigenvalue weighted by Crippen LogP contribution is -2.51. The third-order valence-electron chi connectivity index (χ3n) is 8.15. The minimum Gasteiger partial charge on any atom is -0.465 e. The summed E-state index contributed by atoms with van der Waals surface area (Å²) < 4.78 is 33.5. The number of thioether (sulfide) groups is 1. The number of esters is 2. The number of nitrogens with zero attached hydrogens (tertiary/aromatic N) is 1. The van der Waals surface area contributed by atoms with E-state index in [-0.39, 0.29) is 30.6 Å². The molecular weight excluding hydrogens is 607 g/mol. The van der Waals surface area contributed by atoms with Crippen LogP contribution in [0, 0.1) is 11.8 Å². The quantitative estimate of drug-likeness (QED) is 0.110. The van der Waals surface area contributed by atoms with Crippen LogP contribution in [0.2, 0.25) is 0 Å². The van der Waals surface area contributed by atoms with Crippen LogP contribution >= 0.6 is 30.5 Å². The molecule has 2 fully saturated rings. The molecule has 13 heteroatoms. The number of ether oxygens (including phenoxy) is 2. The van der Waals surface area contributed by atoms with Crippen molar-refractivity contribution in [2.24, 2.45) is 11.8 Å². The summed E-state index contributed by atoms with van der Waals surface area (Å²) >= 11 is 3.04. The van der Waals surface area contributed by atoms with Crippen molar-refractivity contribution in [2.45, 2.75) is 108 Å². The van der Waals surface area contributed by atoms with E-state index < -0.39 is 31.5 Å². The molecule has 10 nitrogen and oxygen atoms in total. The van der Waals surface area contributed by atoms with Crippen molar-refractivity contribution < 1.29 is 28.0 Å². The maximum absolute atomic E-state index is 15.3. The molecule has 2 aliphatic carbocycles. The summed E-state index contributed by atoms with van der Waals surface area (Å²) in [4.78, 5) is 31.2. The van der Waals surface area contributed by atoms with E-state index in [0.29, 0.717) is 16.6 Å². The van der Waals surface area contributed by atoms with E-state index in [1.54, 1.807) is 37.7 Å². The van der Waals surface area contributed by atoms with Crippen LogP contribution < -0.4 is 21.4 Å². The zero-order valence-corrected chi connectivity index (χ0v) is 28.1. The molecule has 0 spiro atoms. The maximum Gasteiger partial charge on any atom is 0.323 e. The number of aromatic nitrogens is 1. The molecule has 4 rings (SSSR count). The number of hydrogen-bond donors (Lipinski definition) is 3. The Kier molecular flexibility index (Phi) is 13.0. The molecule has 2 atom stereocenters. The van der Waals surface area contributed by atoms with Gasteiger partial charge in [0.15, 0.2) is 16.4 Å². The van der Waals surface area contributed by atoms with Gasteiger partial charge in [0.1, 0.15) is 17.8 Å². The molecule has 43 heavy (non-hydrogen) atoms. The van der Waals surface area contributed by atoms with Crippen LogP contribution in [0.1, 0.15) is 91.4 Å². The monoisotopic (exact) mass is 654 g/mol. The number of carbonyl (C=O) groups is 2. The summed E-state index contributed by atoms with van der Waals surface area (Å²) in [6.07, 6.45) is 10.4.